The fourth-order valence-corrected chi connectivity index (χ4v) is 2.46. The van der Waals surface area contributed by atoms with Gasteiger partial charge in [-0.3, -0.25) is 5.10 Å². The van der Waals surface area contributed by atoms with Crippen molar-refractivity contribution in [2.24, 2.45) is 0 Å². The number of aromatic amines is 2. The summed E-state index contributed by atoms with van der Waals surface area (Å²) in [5.41, 5.74) is 3.36. The Morgan fingerprint density at radius 1 is 1.14 bits per heavy atom. The van der Waals surface area contributed by atoms with E-state index in [9.17, 15) is 4.79 Å². The van der Waals surface area contributed by atoms with Gasteiger partial charge in [0.2, 0.25) is 0 Å². The predicted molar refractivity (Wildman–Crippen MR) is 78.1 cm³/mol. The van der Waals surface area contributed by atoms with Crippen molar-refractivity contribution in [2.75, 3.05) is 0 Å². The van der Waals surface area contributed by atoms with Crippen molar-refractivity contribution in [3.8, 4) is 11.3 Å². The van der Waals surface area contributed by atoms with Gasteiger partial charge in [0, 0.05) is 28.0 Å². The molecule has 3 N–H and O–H groups in total. The monoisotopic (exact) mass is 278 g/mol. The summed E-state index contributed by atoms with van der Waals surface area (Å²) in [5, 5.41) is 17.6. The summed E-state index contributed by atoms with van der Waals surface area (Å²) in [6.45, 7) is 0. The van der Waals surface area contributed by atoms with Crippen LogP contribution in [0.5, 0.6) is 0 Å². The number of carbonyl (C=O) groups is 1. The standard InChI is InChI=1S/C15H10N4O2/c20-15(21)13-7-12(18-19-13)8-3-4-11-10(6-8)9-2-1-5-16-14(9)17-11/h1-7H,(H,16,17)(H,18,19)(H,20,21). The van der Waals surface area contributed by atoms with Crippen LogP contribution >= 0.6 is 0 Å². The van der Waals surface area contributed by atoms with E-state index in [1.54, 1.807) is 6.20 Å². The quantitative estimate of drug-likeness (QED) is 0.525. The first-order chi connectivity index (χ1) is 10.2. The summed E-state index contributed by atoms with van der Waals surface area (Å²) < 4.78 is 0. The molecule has 0 unspecified atom stereocenters. The minimum absolute atomic E-state index is 0.0747. The highest BCUT2D eigenvalue weighted by Gasteiger charge is 2.11. The Kier molecular flexibility index (Phi) is 2.32. The molecule has 0 amide bonds. The lowest BCUT2D eigenvalue weighted by atomic mass is 10.1. The molecule has 6 nitrogen and oxygen atoms in total. The third kappa shape index (κ3) is 1.77. The first kappa shape index (κ1) is 11.7. The molecule has 4 rings (SSSR count). The van der Waals surface area contributed by atoms with Gasteiger partial charge in [0.1, 0.15) is 11.3 Å². The Morgan fingerprint density at radius 2 is 2.05 bits per heavy atom. The highest BCUT2D eigenvalue weighted by molar-refractivity contribution is 6.07. The van der Waals surface area contributed by atoms with Gasteiger partial charge in [-0.2, -0.15) is 5.10 Å². The number of benzene rings is 1. The normalized spacial score (nSPS) is 11.2. The number of aromatic nitrogens is 4. The number of carboxylic acids is 1. The Hall–Kier alpha value is -3.15. The van der Waals surface area contributed by atoms with Gasteiger partial charge in [0.15, 0.2) is 0 Å². The number of aromatic carboxylic acids is 1. The van der Waals surface area contributed by atoms with Crippen LogP contribution in [-0.2, 0) is 0 Å². The molecule has 0 radical (unpaired) electrons. The molecule has 0 saturated carbocycles. The Labute approximate surface area is 118 Å². The van der Waals surface area contributed by atoms with Gasteiger partial charge in [-0.25, -0.2) is 9.78 Å². The Bertz CT molecular complexity index is 984. The molecule has 21 heavy (non-hydrogen) atoms. The van der Waals surface area contributed by atoms with E-state index in [-0.39, 0.29) is 5.69 Å². The highest BCUT2D eigenvalue weighted by atomic mass is 16.4. The molecule has 0 aliphatic carbocycles. The second kappa shape index (κ2) is 4.17. The van der Waals surface area contributed by atoms with Crippen molar-refractivity contribution in [2.45, 2.75) is 0 Å². The van der Waals surface area contributed by atoms with Crippen molar-refractivity contribution >= 4 is 27.9 Å². The molecular weight excluding hydrogens is 268 g/mol. The third-order valence-corrected chi connectivity index (χ3v) is 3.47. The van der Waals surface area contributed by atoms with E-state index in [0.29, 0.717) is 5.69 Å². The number of nitrogens with one attached hydrogen (secondary N) is 2. The third-order valence-electron chi connectivity index (χ3n) is 3.47. The smallest absolute Gasteiger partial charge is 0.353 e. The summed E-state index contributed by atoms with van der Waals surface area (Å²) in [6.07, 6.45) is 1.74. The number of fused-ring (bicyclic) bond motifs is 3. The van der Waals surface area contributed by atoms with Crippen LogP contribution in [0.2, 0.25) is 0 Å². The molecule has 3 heterocycles. The molecular formula is C15H10N4O2. The van der Waals surface area contributed by atoms with Gasteiger partial charge in [0.05, 0.1) is 5.69 Å². The van der Waals surface area contributed by atoms with E-state index in [2.05, 4.69) is 20.2 Å². The molecule has 0 aliphatic heterocycles. The molecule has 0 saturated heterocycles. The number of pyridine rings is 1. The number of H-pyrrole nitrogens is 2. The van der Waals surface area contributed by atoms with E-state index in [4.69, 9.17) is 5.11 Å². The minimum Gasteiger partial charge on any atom is -0.477 e. The molecule has 0 fully saturated rings. The van der Waals surface area contributed by atoms with Crippen molar-refractivity contribution in [3.05, 3.63) is 48.3 Å². The molecule has 0 spiro atoms. The van der Waals surface area contributed by atoms with Crippen LogP contribution in [0.1, 0.15) is 10.5 Å². The van der Waals surface area contributed by atoms with E-state index >= 15 is 0 Å². The fourth-order valence-electron chi connectivity index (χ4n) is 2.46. The zero-order valence-electron chi connectivity index (χ0n) is 10.8. The molecule has 0 bridgehead atoms. The van der Waals surface area contributed by atoms with Gasteiger partial charge in [-0.15, -0.1) is 0 Å². The summed E-state index contributed by atoms with van der Waals surface area (Å²) in [4.78, 5) is 18.4. The van der Waals surface area contributed by atoms with Gasteiger partial charge >= 0.3 is 5.97 Å². The maximum absolute atomic E-state index is 10.9. The average molecular weight is 278 g/mol. The summed E-state index contributed by atoms with van der Waals surface area (Å²) in [5.74, 6) is -1.02. The lowest BCUT2D eigenvalue weighted by molar-refractivity contribution is 0.0690. The van der Waals surface area contributed by atoms with Crippen LogP contribution in [0, 0.1) is 0 Å². The van der Waals surface area contributed by atoms with Crippen LogP contribution in [0.4, 0.5) is 0 Å². The van der Waals surface area contributed by atoms with Crippen molar-refractivity contribution in [1.82, 2.24) is 20.2 Å². The molecule has 102 valence electrons. The largest absolute Gasteiger partial charge is 0.477 e. The predicted octanol–water partition coefficient (Wildman–Crippen LogP) is 2.80. The van der Waals surface area contributed by atoms with E-state index in [1.165, 1.54) is 6.07 Å². The number of rotatable bonds is 2. The van der Waals surface area contributed by atoms with Gasteiger partial charge in [-0.1, -0.05) is 6.07 Å². The lowest BCUT2D eigenvalue weighted by Gasteiger charge is -1.97. The summed E-state index contributed by atoms with van der Waals surface area (Å²) in [7, 11) is 0. The SMILES string of the molecule is O=C(O)c1cc(-c2ccc3[nH]c4ncccc4c3c2)n[nH]1. The minimum atomic E-state index is -1.02. The van der Waals surface area contributed by atoms with E-state index in [0.717, 1.165) is 27.5 Å². The number of hydrogen-bond acceptors (Lipinski definition) is 3. The van der Waals surface area contributed by atoms with Crippen LogP contribution in [0.3, 0.4) is 0 Å². The number of hydrogen-bond donors (Lipinski definition) is 3. The summed E-state index contributed by atoms with van der Waals surface area (Å²) >= 11 is 0. The first-order valence-electron chi connectivity index (χ1n) is 6.38. The summed E-state index contributed by atoms with van der Waals surface area (Å²) in [6, 6.07) is 11.2. The van der Waals surface area contributed by atoms with Crippen molar-refractivity contribution < 1.29 is 9.90 Å². The number of nitrogens with zero attached hydrogens (tertiary/aromatic N) is 2. The van der Waals surface area contributed by atoms with Gasteiger partial charge in [-0.05, 0) is 30.3 Å². The number of carboxylic acid groups (broad SMARTS) is 1. The second-order valence-electron chi connectivity index (χ2n) is 4.76. The Morgan fingerprint density at radius 3 is 2.86 bits per heavy atom. The molecule has 4 aromatic rings. The van der Waals surface area contributed by atoms with E-state index < -0.39 is 5.97 Å². The molecule has 3 aromatic heterocycles. The first-order valence-corrected chi connectivity index (χ1v) is 6.38. The van der Waals surface area contributed by atoms with Crippen molar-refractivity contribution in [1.29, 1.82) is 0 Å². The maximum atomic E-state index is 10.9. The van der Waals surface area contributed by atoms with Crippen LogP contribution in [0.25, 0.3) is 33.2 Å². The maximum Gasteiger partial charge on any atom is 0.353 e. The van der Waals surface area contributed by atoms with Gasteiger partial charge < -0.3 is 10.1 Å². The molecule has 1 aromatic carbocycles. The Balaban J connectivity index is 1.92. The van der Waals surface area contributed by atoms with E-state index in [1.807, 2.05) is 30.3 Å². The zero-order chi connectivity index (χ0) is 14.4. The van der Waals surface area contributed by atoms with Crippen LogP contribution in [-0.4, -0.2) is 31.2 Å². The van der Waals surface area contributed by atoms with Crippen LogP contribution in [0.15, 0.2) is 42.6 Å². The molecule has 0 atom stereocenters. The fraction of sp³-hybridized carbons (Fsp3) is 0. The molecule has 0 aliphatic rings. The zero-order valence-corrected chi connectivity index (χ0v) is 10.8. The average Bonchev–Trinajstić information content (AvgIpc) is 3.11. The van der Waals surface area contributed by atoms with Crippen LogP contribution < -0.4 is 0 Å². The molecule has 6 heteroatoms. The van der Waals surface area contributed by atoms with Gasteiger partial charge in [0.25, 0.3) is 0 Å². The van der Waals surface area contributed by atoms with Crippen molar-refractivity contribution in [3.63, 3.8) is 0 Å². The topological polar surface area (TPSA) is 94.7 Å². The highest BCUT2D eigenvalue weighted by Crippen LogP contribution is 2.28. The lowest BCUT2D eigenvalue weighted by Crippen LogP contribution is -1.95. The second-order valence-corrected chi connectivity index (χ2v) is 4.76.